The van der Waals surface area contributed by atoms with Crippen molar-refractivity contribution in [1.29, 1.82) is 0 Å². The number of aromatic nitrogens is 4. The van der Waals surface area contributed by atoms with Crippen LogP contribution in [0, 0.1) is 0 Å². The molecule has 2 aromatic rings. The first kappa shape index (κ1) is 11.6. The van der Waals surface area contributed by atoms with E-state index in [1.54, 1.807) is 7.05 Å². The largest absolute Gasteiger partial charge is 0.336 e. The standard InChI is InChI=1S/C11H16N4O2/c1-4-5-6-7-12-8-9(13-7)14(2)11(17)15(3)10(8)16/h4-6H2,1-3H3,(H,12,13). The van der Waals surface area contributed by atoms with Crippen molar-refractivity contribution in [3.05, 3.63) is 26.7 Å². The molecule has 0 saturated carbocycles. The van der Waals surface area contributed by atoms with Crippen molar-refractivity contribution in [3.63, 3.8) is 0 Å². The van der Waals surface area contributed by atoms with Gasteiger partial charge in [0.05, 0.1) is 0 Å². The molecule has 0 fully saturated rings. The van der Waals surface area contributed by atoms with Gasteiger partial charge in [0.1, 0.15) is 11.3 Å². The Kier molecular flexibility index (Phi) is 2.87. The summed E-state index contributed by atoms with van der Waals surface area (Å²) < 4.78 is 2.48. The molecule has 0 aliphatic carbocycles. The molecule has 0 spiro atoms. The summed E-state index contributed by atoms with van der Waals surface area (Å²) in [6.07, 6.45) is 2.87. The highest BCUT2D eigenvalue weighted by molar-refractivity contribution is 5.69. The molecule has 0 aliphatic rings. The van der Waals surface area contributed by atoms with Gasteiger partial charge in [0.25, 0.3) is 5.56 Å². The van der Waals surface area contributed by atoms with Crippen molar-refractivity contribution in [2.75, 3.05) is 0 Å². The zero-order valence-electron chi connectivity index (χ0n) is 10.3. The molecule has 92 valence electrons. The van der Waals surface area contributed by atoms with E-state index in [-0.39, 0.29) is 11.2 Å². The van der Waals surface area contributed by atoms with E-state index in [0.717, 1.165) is 29.7 Å². The van der Waals surface area contributed by atoms with Crippen LogP contribution in [0.4, 0.5) is 0 Å². The fraction of sp³-hybridized carbons (Fsp3) is 0.545. The van der Waals surface area contributed by atoms with E-state index in [1.807, 2.05) is 0 Å². The second kappa shape index (κ2) is 4.20. The van der Waals surface area contributed by atoms with Crippen LogP contribution < -0.4 is 11.2 Å². The Labute approximate surface area is 97.9 Å². The van der Waals surface area contributed by atoms with Crippen LogP contribution in [0.15, 0.2) is 9.59 Å². The molecule has 0 unspecified atom stereocenters. The molecule has 0 amide bonds. The average Bonchev–Trinajstić information content (AvgIpc) is 2.75. The Morgan fingerprint density at radius 2 is 1.94 bits per heavy atom. The van der Waals surface area contributed by atoms with Gasteiger partial charge < -0.3 is 4.98 Å². The highest BCUT2D eigenvalue weighted by atomic mass is 16.2. The van der Waals surface area contributed by atoms with Crippen LogP contribution >= 0.6 is 0 Å². The fourth-order valence-electron chi connectivity index (χ4n) is 1.84. The van der Waals surface area contributed by atoms with Gasteiger partial charge in [-0.2, -0.15) is 0 Å². The first-order chi connectivity index (χ1) is 8.06. The molecule has 0 aliphatic heterocycles. The monoisotopic (exact) mass is 236 g/mol. The first-order valence-corrected chi connectivity index (χ1v) is 5.70. The lowest BCUT2D eigenvalue weighted by molar-refractivity contribution is 0.708. The number of rotatable bonds is 3. The number of fused-ring (bicyclic) bond motifs is 1. The molecule has 6 heteroatoms. The number of aryl methyl sites for hydroxylation is 2. The van der Waals surface area contributed by atoms with Gasteiger partial charge in [-0.15, -0.1) is 0 Å². The van der Waals surface area contributed by atoms with Crippen molar-refractivity contribution in [3.8, 4) is 0 Å². The van der Waals surface area contributed by atoms with Crippen molar-refractivity contribution in [2.45, 2.75) is 26.2 Å². The van der Waals surface area contributed by atoms with Gasteiger partial charge in [-0.25, -0.2) is 9.78 Å². The highest BCUT2D eigenvalue weighted by Crippen LogP contribution is 2.06. The summed E-state index contributed by atoms with van der Waals surface area (Å²) in [6, 6.07) is 0. The van der Waals surface area contributed by atoms with E-state index >= 15 is 0 Å². The molecule has 17 heavy (non-hydrogen) atoms. The Morgan fingerprint density at radius 3 is 2.59 bits per heavy atom. The summed E-state index contributed by atoms with van der Waals surface area (Å²) in [5, 5.41) is 0. The van der Waals surface area contributed by atoms with Crippen LogP contribution in [0.1, 0.15) is 25.6 Å². The summed E-state index contributed by atoms with van der Waals surface area (Å²) in [4.78, 5) is 30.9. The molecule has 0 aromatic carbocycles. The second-order valence-corrected chi connectivity index (χ2v) is 4.19. The average molecular weight is 236 g/mol. The third kappa shape index (κ3) is 1.79. The normalized spacial score (nSPS) is 11.2. The highest BCUT2D eigenvalue weighted by Gasteiger charge is 2.12. The Bertz CT molecular complexity index is 662. The molecule has 1 N–H and O–H groups in total. The molecule has 2 rings (SSSR count). The van der Waals surface area contributed by atoms with Crippen LogP contribution in [-0.4, -0.2) is 19.1 Å². The third-order valence-corrected chi connectivity index (χ3v) is 2.91. The van der Waals surface area contributed by atoms with Gasteiger partial charge in [0.2, 0.25) is 0 Å². The molecule has 2 heterocycles. The maximum atomic E-state index is 11.9. The molecule has 2 aromatic heterocycles. The van der Waals surface area contributed by atoms with Gasteiger partial charge in [-0.1, -0.05) is 13.3 Å². The van der Waals surface area contributed by atoms with Crippen molar-refractivity contribution >= 4 is 11.2 Å². The summed E-state index contributed by atoms with van der Waals surface area (Å²) in [7, 11) is 3.09. The minimum absolute atomic E-state index is 0.321. The number of imidazole rings is 1. The zero-order valence-corrected chi connectivity index (χ0v) is 10.3. The zero-order chi connectivity index (χ0) is 12.6. The maximum absolute atomic E-state index is 11.9. The Morgan fingerprint density at radius 1 is 1.24 bits per heavy atom. The predicted molar refractivity (Wildman–Crippen MR) is 65.2 cm³/mol. The minimum atomic E-state index is -0.351. The number of unbranched alkanes of at least 4 members (excludes halogenated alkanes) is 1. The number of hydrogen-bond acceptors (Lipinski definition) is 3. The van der Waals surface area contributed by atoms with Crippen molar-refractivity contribution in [2.24, 2.45) is 14.1 Å². The summed E-state index contributed by atoms with van der Waals surface area (Å²) >= 11 is 0. The Hall–Kier alpha value is -1.85. The van der Waals surface area contributed by atoms with Gasteiger partial charge in [0, 0.05) is 20.5 Å². The predicted octanol–water partition coefficient (Wildman–Crippen LogP) is 0.303. The number of H-pyrrole nitrogens is 1. The molecule has 0 radical (unpaired) electrons. The van der Waals surface area contributed by atoms with Crippen molar-refractivity contribution < 1.29 is 0 Å². The van der Waals surface area contributed by atoms with Gasteiger partial charge in [-0.05, 0) is 6.42 Å². The molecule has 0 atom stereocenters. The third-order valence-electron chi connectivity index (χ3n) is 2.91. The van der Waals surface area contributed by atoms with Crippen LogP contribution in [-0.2, 0) is 20.5 Å². The SMILES string of the molecule is CCCCc1nc2c([nH]1)c(=O)n(C)c(=O)n2C. The van der Waals surface area contributed by atoms with Crippen LogP contribution in [0.25, 0.3) is 11.2 Å². The van der Waals surface area contributed by atoms with E-state index in [2.05, 4.69) is 16.9 Å². The number of hydrogen-bond donors (Lipinski definition) is 1. The van der Waals surface area contributed by atoms with Crippen LogP contribution in [0.5, 0.6) is 0 Å². The quantitative estimate of drug-likeness (QED) is 0.833. The molecule has 6 nitrogen and oxygen atoms in total. The van der Waals surface area contributed by atoms with E-state index in [1.165, 1.54) is 11.6 Å². The Balaban J connectivity index is 2.69. The van der Waals surface area contributed by atoms with E-state index < -0.39 is 0 Å². The van der Waals surface area contributed by atoms with Crippen molar-refractivity contribution in [1.82, 2.24) is 19.1 Å². The number of nitrogens with zero attached hydrogens (tertiary/aromatic N) is 3. The van der Waals surface area contributed by atoms with Gasteiger partial charge >= 0.3 is 5.69 Å². The summed E-state index contributed by atoms with van der Waals surface area (Å²) in [5.74, 6) is 0.764. The summed E-state index contributed by atoms with van der Waals surface area (Å²) in [5.41, 5.74) is 0.166. The number of nitrogens with one attached hydrogen (secondary N) is 1. The molecule has 0 saturated heterocycles. The van der Waals surface area contributed by atoms with Crippen LogP contribution in [0.3, 0.4) is 0 Å². The lowest BCUT2D eigenvalue weighted by Gasteiger charge is -2.00. The summed E-state index contributed by atoms with van der Waals surface area (Å²) in [6.45, 7) is 2.09. The number of aromatic amines is 1. The van der Waals surface area contributed by atoms with E-state index in [9.17, 15) is 9.59 Å². The van der Waals surface area contributed by atoms with Gasteiger partial charge in [0.15, 0.2) is 5.65 Å². The van der Waals surface area contributed by atoms with E-state index in [4.69, 9.17) is 0 Å². The topological polar surface area (TPSA) is 72.7 Å². The first-order valence-electron chi connectivity index (χ1n) is 5.70. The van der Waals surface area contributed by atoms with Crippen LogP contribution in [0.2, 0.25) is 0 Å². The molecule has 0 bridgehead atoms. The van der Waals surface area contributed by atoms with Gasteiger partial charge in [-0.3, -0.25) is 13.9 Å². The lowest BCUT2D eigenvalue weighted by Crippen LogP contribution is -2.36. The smallest absolute Gasteiger partial charge is 0.332 e. The lowest BCUT2D eigenvalue weighted by atomic mass is 10.2. The molecular formula is C11H16N4O2. The fourth-order valence-corrected chi connectivity index (χ4v) is 1.84. The van der Waals surface area contributed by atoms with E-state index in [0.29, 0.717) is 11.2 Å². The molecular weight excluding hydrogens is 220 g/mol. The minimum Gasteiger partial charge on any atom is -0.336 e. The second-order valence-electron chi connectivity index (χ2n) is 4.19. The maximum Gasteiger partial charge on any atom is 0.332 e.